The van der Waals surface area contributed by atoms with Crippen LogP contribution in [0.4, 0.5) is 0 Å². The summed E-state index contributed by atoms with van der Waals surface area (Å²) < 4.78 is 0. The van der Waals surface area contributed by atoms with E-state index >= 15 is 0 Å². The Morgan fingerprint density at radius 3 is 2.95 bits per heavy atom. The molecule has 0 aromatic carbocycles. The van der Waals surface area contributed by atoms with Gasteiger partial charge in [-0.15, -0.1) is 11.3 Å². The smallest absolute Gasteiger partial charge is 0.241 e. The van der Waals surface area contributed by atoms with Crippen LogP contribution < -0.4 is 5.32 Å². The summed E-state index contributed by atoms with van der Waals surface area (Å²) >= 11 is 3.69. The lowest BCUT2D eigenvalue weighted by Crippen LogP contribution is -2.38. The monoisotopic (exact) mass is 310 g/mol. The van der Waals surface area contributed by atoms with Gasteiger partial charge in [0.05, 0.1) is 6.04 Å². The molecule has 0 radical (unpaired) electrons. The predicted molar refractivity (Wildman–Crippen MR) is 86.1 cm³/mol. The minimum absolute atomic E-state index is 0.00423. The van der Waals surface area contributed by atoms with Crippen LogP contribution in [-0.4, -0.2) is 34.4 Å². The first-order chi connectivity index (χ1) is 9.74. The molecular formula is C15H22N2OS2. The van der Waals surface area contributed by atoms with Crippen LogP contribution in [0.2, 0.25) is 0 Å². The number of carbonyl (C=O) groups excluding carboxylic acids is 1. The molecule has 1 aromatic rings. The summed E-state index contributed by atoms with van der Waals surface area (Å²) in [4.78, 5) is 16.1. The van der Waals surface area contributed by atoms with Gasteiger partial charge in [-0.1, -0.05) is 13.0 Å². The van der Waals surface area contributed by atoms with E-state index < -0.39 is 0 Å². The largest absolute Gasteiger partial charge is 0.318 e. The molecule has 4 atom stereocenters. The van der Waals surface area contributed by atoms with Gasteiger partial charge < -0.3 is 4.90 Å². The van der Waals surface area contributed by atoms with E-state index in [1.807, 2.05) is 11.8 Å². The summed E-state index contributed by atoms with van der Waals surface area (Å²) in [7, 11) is 0. The number of carbonyl (C=O) groups is 1. The number of thiophene rings is 1. The molecule has 20 heavy (non-hydrogen) atoms. The molecule has 1 N–H and O–H groups in total. The topological polar surface area (TPSA) is 32.3 Å². The standard InChI is InChI=1S/C15H22N2OS2/c1-3-12-15(18)17(10-6-7-11(9-10)19-2)14(16-12)13-5-4-8-20-13/h4-5,8,10-12,14,16H,3,6-7,9H2,1-2H3. The fourth-order valence-corrected chi connectivity index (χ4v) is 4.95. The van der Waals surface area contributed by atoms with Crippen LogP contribution in [0.3, 0.4) is 0 Å². The van der Waals surface area contributed by atoms with Gasteiger partial charge in [0, 0.05) is 16.2 Å². The third-order valence-electron chi connectivity index (χ3n) is 4.49. The summed E-state index contributed by atoms with van der Waals surface area (Å²) in [6.07, 6.45) is 6.68. The van der Waals surface area contributed by atoms with Gasteiger partial charge in [-0.3, -0.25) is 10.1 Å². The summed E-state index contributed by atoms with van der Waals surface area (Å²) in [5.41, 5.74) is 0. The van der Waals surface area contributed by atoms with E-state index in [0.29, 0.717) is 11.9 Å². The molecule has 1 saturated carbocycles. The number of hydrogen-bond acceptors (Lipinski definition) is 4. The normalized spacial score (nSPS) is 34.1. The molecule has 3 nitrogen and oxygen atoms in total. The number of rotatable bonds is 4. The van der Waals surface area contributed by atoms with Gasteiger partial charge in [0.2, 0.25) is 5.91 Å². The molecule has 3 rings (SSSR count). The van der Waals surface area contributed by atoms with E-state index in [1.54, 1.807) is 11.3 Å². The van der Waals surface area contributed by atoms with Crippen molar-refractivity contribution in [2.45, 2.75) is 56.1 Å². The second-order valence-corrected chi connectivity index (χ2v) is 7.73. The number of nitrogens with one attached hydrogen (secondary N) is 1. The molecule has 2 heterocycles. The summed E-state index contributed by atoms with van der Waals surface area (Å²) in [5, 5.41) is 6.35. The molecule has 4 unspecified atom stereocenters. The minimum Gasteiger partial charge on any atom is -0.318 e. The maximum atomic E-state index is 12.7. The SMILES string of the molecule is CCC1NC(c2cccs2)N(C2CCC(SC)C2)C1=O. The van der Waals surface area contributed by atoms with Gasteiger partial charge in [-0.25, -0.2) is 0 Å². The first-order valence-corrected chi connectivity index (χ1v) is 9.55. The number of amides is 1. The van der Waals surface area contributed by atoms with Crippen molar-refractivity contribution in [1.82, 2.24) is 10.2 Å². The molecule has 2 fully saturated rings. The molecule has 1 aromatic heterocycles. The van der Waals surface area contributed by atoms with Crippen molar-refractivity contribution in [3.05, 3.63) is 22.4 Å². The Labute approximate surface area is 129 Å². The van der Waals surface area contributed by atoms with E-state index in [2.05, 4.69) is 40.9 Å². The van der Waals surface area contributed by atoms with E-state index in [0.717, 1.165) is 24.5 Å². The van der Waals surface area contributed by atoms with Crippen molar-refractivity contribution in [2.24, 2.45) is 0 Å². The molecule has 1 aliphatic carbocycles. The second kappa shape index (κ2) is 6.08. The average molecular weight is 310 g/mol. The van der Waals surface area contributed by atoms with Crippen molar-refractivity contribution >= 4 is 29.0 Å². The molecule has 2 aliphatic rings. The Morgan fingerprint density at radius 2 is 2.35 bits per heavy atom. The van der Waals surface area contributed by atoms with Crippen LogP contribution in [0, 0.1) is 0 Å². The van der Waals surface area contributed by atoms with Crippen LogP contribution in [0.25, 0.3) is 0 Å². The van der Waals surface area contributed by atoms with Crippen molar-refractivity contribution in [3.8, 4) is 0 Å². The molecule has 0 bridgehead atoms. The Hall–Kier alpha value is -0.520. The Morgan fingerprint density at radius 1 is 1.50 bits per heavy atom. The first-order valence-electron chi connectivity index (χ1n) is 7.39. The van der Waals surface area contributed by atoms with Crippen LogP contribution in [-0.2, 0) is 4.79 Å². The van der Waals surface area contributed by atoms with Crippen LogP contribution >= 0.6 is 23.1 Å². The molecular weight excluding hydrogens is 288 g/mol. The highest BCUT2D eigenvalue weighted by molar-refractivity contribution is 7.99. The molecule has 1 saturated heterocycles. The van der Waals surface area contributed by atoms with Crippen molar-refractivity contribution in [1.29, 1.82) is 0 Å². The quantitative estimate of drug-likeness (QED) is 0.926. The summed E-state index contributed by atoms with van der Waals surface area (Å²) in [6.45, 7) is 2.09. The summed E-state index contributed by atoms with van der Waals surface area (Å²) in [5.74, 6) is 0.303. The predicted octanol–water partition coefficient (Wildman–Crippen LogP) is 3.24. The summed E-state index contributed by atoms with van der Waals surface area (Å²) in [6, 6.07) is 4.62. The van der Waals surface area contributed by atoms with Gasteiger partial charge in [0.1, 0.15) is 6.17 Å². The van der Waals surface area contributed by atoms with Crippen LogP contribution in [0.15, 0.2) is 17.5 Å². The Bertz CT molecular complexity index is 462. The maximum Gasteiger partial charge on any atom is 0.241 e. The van der Waals surface area contributed by atoms with E-state index in [1.165, 1.54) is 11.3 Å². The average Bonchev–Trinajstić information content (AvgIpc) is 3.17. The zero-order chi connectivity index (χ0) is 14.1. The highest BCUT2D eigenvalue weighted by Gasteiger charge is 2.44. The molecule has 0 spiro atoms. The lowest BCUT2D eigenvalue weighted by atomic mass is 10.1. The first kappa shape index (κ1) is 14.4. The van der Waals surface area contributed by atoms with E-state index in [-0.39, 0.29) is 12.2 Å². The zero-order valence-electron chi connectivity index (χ0n) is 12.0. The third-order valence-corrected chi connectivity index (χ3v) is 6.51. The van der Waals surface area contributed by atoms with Crippen molar-refractivity contribution < 1.29 is 4.79 Å². The fraction of sp³-hybridized carbons (Fsp3) is 0.667. The van der Waals surface area contributed by atoms with Crippen molar-refractivity contribution in [2.75, 3.05) is 6.26 Å². The number of nitrogens with zero attached hydrogens (tertiary/aromatic N) is 1. The van der Waals surface area contributed by atoms with Gasteiger partial charge in [0.15, 0.2) is 0 Å². The molecule has 1 amide bonds. The van der Waals surface area contributed by atoms with Crippen LogP contribution in [0.5, 0.6) is 0 Å². The molecule has 1 aliphatic heterocycles. The Kier molecular flexibility index (Phi) is 4.38. The third kappa shape index (κ3) is 2.51. The zero-order valence-corrected chi connectivity index (χ0v) is 13.7. The number of thioether (sulfide) groups is 1. The second-order valence-electron chi connectivity index (χ2n) is 5.62. The highest BCUT2D eigenvalue weighted by atomic mass is 32.2. The maximum absolute atomic E-state index is 12.7. The van der Waals surface area contributed by atoms with Gasteiger partial charge in [-0.05, 0) is 43.4 Å². The molecule has 110 valence electrons. The fourth-order valence-electron chi connectivity index (χ4n) is 3.38. The highest BCUT2D eigenvalue weighted by Crippen LogP contribution is 2.38. The lowest BCUT2D eigenvalue weighted by Gasteiger charge is -2.29. The Balaban J connectivity index is 1.83. The van der Waals surface area contributed by atoms with E-state index in [9.17, 15) is 4.79 Å². The van der Waals surface area contributed by atoms with Gasteiger partial charge >= 0.3 is 0 Å². The van der Waals surface area contributed by atoms with E-state index in [4.69, 9.17) is 0 Å². The number of hydrogen-bond donors (Lipinski definition) is 1. The van der Waals surface area contributed by atoms with Crippen molar-refractivity contribution in [3.63, 3.8) is 0 Å². The van der Waals surface area contributed by atoms with Gasteiger partial charge in [0.25, 0.3) is 0 Å². The molecule has 5 heteroatoms. The van der Waals surface area contributed by atoms with Crippen LogP contribution in [0.1, 0.15) is 43.6 Å². The minimum atomic E-state index is -0.00423. The van der Waals surface area contributed by atoms with Gasteiger partial charge in [-0.2, -0.15) is 11.8 Å². The lowest BCUT2D eigenvalue weighted by molar-refractivity contribution is -0.132.